The van der Waals surface area contributed by atoms with Crippen LogP contribution in [0.4, 0.5) is 5.69 Å². The van der Waals surface area contributed by atoms with Gasteiger partial charge in [-0.3, -0.25) is 14.6 Å². The first kappa shape index (κ1) is 18.9. The molecule has 138 valence electrons. The first-order valence-electron chi connectivity index (χ1n) is 9.21. The molecular weight excluding hydrogens is 346 g/mol. The number of nitrogens with zero attached hydrogens (tertiary/aromatic N) is 2. The van der Waals surface area contributed by atoms with Crippen LogP contribution < -0.4 is 5.32 Å². The lowest BCUT2D eigenvalue weighted by atomic mass is 10.1. The predicted molar refractivity (Wildman–Crippen MR) is 108 cm³/mol. The monoisotopic (exact) mass is 371 g/mol. The van der Waals surface area contributed by atoms with E-state index in [-0.39, 0.29) is 5.91 Å². The van der Waals surface area contributed by atoms with Crippen LogP contribution in [0.5, 0.6) is 0 Å². The topological polar surface area (TPSA) is 35.6 Å². The van der Waals surface area contributed by atoms with Crippen molar-refractivity contribution in [1.29, 1.82) is 0 Å². The Morgan fingerprint density at radius 1 is 0.962 bits per heavy atom. The standard InChI is InChI=1S/C21H26ClN3O/c1-2-17-7-4-6-10-20(17)23-21(26)16-25-13-11-24(12-14-25)15-18-8-3-5-9-19(18)22/h3-10H,2,11-16H2,1H3,(H,23,26). The molecule has 2 aromatic rings. The number of amides is 1. The van der Waals surface area contributed by atoms with E-state index < -0.39 is 0 Å². The summed E-state index contributed by atoms with van der Waals surface area (Å²) >= 11 is 6.25. The van der Waals surface area contributed by atoms with Gasteiger partial charge in [0.2, 0.25) is 5.91 Å². The van der Waals surface area contributed by atoms with E-state index in [4.69, 9.17) is 11.6 Å². The fourth-order valence-electron chi connectivity index (χ4n) is 3.32. The zero-order chi connectivity index (χ0) is 18.4. The Hall–Kier alpha value is -1.88. The van der Waals surface area contributed by atoms with Crippen LogP contribution in [0, 0.1) is 0 Å². The maximum absolute atomic E-state index is 12.4. The number of hydrogen-bond acceptors (Lipinski definition) is 3. The van der Waals surface area contributed by atoms with Crippen molar-refractivity contribution in [2.24, 2.45) is 0 Å². The summed E-state index contributed by atoms with van der Waals surface area (Å²) in [5, 5.41) is 3.88. The van der Waals surface area contributed by atoms with E-state index in [1.165, 1.54) is 5.56 Å². The predicted octanol–water partition coefficient (Wildman–Crippen LogP) is 3.66. The summed E-state index contributed by atoms with van der Waals surface area (Å²) in [4.78, 5) is 17.0. The zero-order valence-corrected chi connectivity index (χ0v) is 16.0. The SMILES string of the molecule is CCc1ccccc1NC(=O)CN1CCN(Cc2ccccc2Cl)CC1. The molecule has 4 nitrogen and oxygen atoms in total. The van der Waals surface area contributed by atoms with Crippen molar-refractivity contribution in [3.05, 3.63) is 64.7 Å². The highest BCUT2D eigenvalue weighted by atomic mass is 35.5. The van der Waals surface area contributed by atoms with Gasteiger partial charge in [-0.15, -0.1) is 0 Å². The molecule has 5 heteroatoms. The molecule has 0 radical (unpaired) electrons. The smallest absolute Gasteiger partial charge is 0.238 e. The summed E-state index contributed by atoms with van der Waals surface area (Å²) in [5.74, 6) is 0.0606. The molecule has 0 bridgehead atoms. The largest absolute Gasteiger partial charge is 0.325 e. The minimum Gasteiger partial charge on any atom is -0.325 e. The number of hydrogen-bond donors (Lipinski definition) is 1. The molecule has 1 amide bonds. The molecule has 1 aliphatic rings. The molecular formula is C21H26ClN3O. The maximum Gasteiger partial charge on any atom is 0.238 e. The number of halogens is 1. The number of anilines is 1. The summed E-state index contributed by atoms with van der Waals surface area (Å²) in [5.41, 5.74) is 3.26. The fraction of sp³-hybridized carbons (Fsp3) is 0.381. The number of benzene rings is 2. The van der Waals surface area contributed by atoms with Gasteiger partial charge in [0.1, 0.15) is 0 Å². The van der Waals surface area contributed by atoms with Crippen LogP contribution in [0.25, 0.3) is 0 Å². The lowest BCUT2D eigenvalue weighted by Gasteiger charge is -2.34. The van der Waals surface area contributed by atoms with E-state index in [1.54, 1.807) is 0 Å². The van der Waals surface area contributed by atoms with Crippen molar-refractivity contribution < 1.29 is 4.79 Å². The van der Waals surface area contributed by atoms with E-state index in [0.717, 1.165) is 55.4 Å². The van der Waals surface area contributed by atoms with Gasteiger partial charge in [0.15, 0.2) is 0 Å². The van der Waals surface area contributed by atoms with Crippen LogP contribution in [-0.2, 0) is 17.8 Å². The van der Waals surface area contributed by atoms with Gasteiger partial charge in [-0.2, -0.15) is 0 Å². The van der Waals surface area contributed by atoms with E-state index in [0.29, 0.717) is 6.54 Å². The third-order valence-corrected chi connectivity index (χ3v) is 5.22. The number of carbonyl (C=O) groups is 1. The number of para-hydroxylation sites is 1. The highest BCUT2D eigenvalue weighted by Crippen LogP contribution is 2.18. The Morgan fingerprint density at radius 2 is 1.58 bits per heavy atom. The number of rotatable bonds is 6. The van der Waals surface area contributed by atoms with Crippen LogP contribution in [0.15, 0.2) is 48.5 Å². The van der Waals surface area contributed by atoms with Crippen LogP contribution >= 0.6 is 11.6 Å². The van der Waals surface area contributed by atoms with E-state index in [9.17, 15) is 4.79 Å². The average Bonchev–Trinajstić information content (AvgIpc) is 2.65. The quantitative estimate of drug-likeness (QED) is 0.841. The molecule has 1 saturated heterocycles. The normalized spacial score (nSPS) is 15.8. The van der Waals surface area contributed by atoms with Crippen molar-refractivity contribution in [2.45, 2.75) is 19.9 Å². The maximum atomic E-state index is 12.4. The zero-order valence-electron chi connectivity index (χ0n) is 15.2. The lowest BCUT2D eigenvalue weighted by Crippen LogP contribution is -2.48. The van der Waals surface area contributed by atoms with Gasteiger partial charge in [-0.05, 0) is 29.7 Å². The second-order valence-electron chi connectivity index (χ2n) is 6.70. The molecule has 1 N–H and O–H groups in total. The summed E-state index contributed by atoms with van der Waals surface area (Å²) in [6.07, 6.45) is 0.914. The van der Waals surface area contributed by atoms with Crippen molar-refractivity contribution in [3.8, 4) is 0 Å². The van der Waals surface area contributed by atoms with Gasteiger partial charge in [0, 0.05) is 43.4 Å². The second kappa shape index (κ2) is 9.17. The highest BCUT2D eigenvalue weighted by molar-refractivity contribution is 6.31. The Kier molecular flexibility index (Phi) is 6.67. The van der Waals surface area contributed by atoms with Crippen LogP contribution in [-0.4, -0.2) is 48.4 Å². The van der Waals surface area contributed by atoms with E-state index >= 15 is 0 Å². The van der Waals surface area contributed by atoms with Crippen molar-refractivity contribution in [3.63, 3.8) is 0 Å². The van der Waals surface area contributed by atoms with Crippen LogP contribution in [0.2, 0.25) is 5.02 Å². The summed E-state index contributed by atoms with van der Waals surface area (Å²) in [6.45, 7) is 7.10. The van der Waals surface area contributed by atoms with Gasteiger partial charge in [0.25, 0.3) is 0 Å². The van der Waals surface area contributed by atoms with Crippen molar-refractivity contribution >= 4 is 23.2 Å². The highest BCUT2D eigenvalue weighted by Gasteiger charge is 2.19. The minimum atomic E-state index is 0.0606. The Bertz CT molecular complexity index is 742. The van der Waals surface area contributed by atoms with E-state index in [1.807, 2.05) is 36.4 Å². The molecule has 0 spiro atoms. The molecule has 2 aromatic carbocycles. The fourth-order valence-corrected chi connectivity index (χ4v) is 3.51. The third kappa shape index (κ3) is 5.07. The molecule has 26 heavy (non-hydrogen) atoms. The number of carbonyl (C=O) groups excluding carboxylic acids is 1. The summed E-state index contributed by atoms with van der Waals surface area (Å²) in [7, 11) is 0. The molecule has 0 aliphatic carbocycles. The van der Waals surface area contributed by atoms with Crippen LogP contribution in [0.3, 0.4) is 0 Å². The molecule has 1 fully saturated rings. The Labute approximate surface area is 160 Å². The third-order valence-electron chi connectivity index (χ3n) is 4.86. The first-order chi connectivity index (χ1) is 12.7. The average molecular weight is 372 g/mol. The van der Waals surface area contributed by atoms with Gasteiger partial charge in [0.05, 0.1) is 6.54 Å². The van der Waals surface area contributed by atoms with Gasteiger partial charge in [-0.25, -0.2) is 0 Å². The molecule has 0 saturated carbocycles. The lowest BCUT2D eigenvalue weighted by molar-refractivity contribution is -0.117. The Morgan fingerprint density at radius 3 is 2.27 bits per heavy atom. The second-order valence-corrected chi connectivity index (χ2v) is 7.11. The summed E-state index contributed by atoms with van der Waals surface area (Å²) in [6, 6.07) is 16.0. The van der Waals surface area contributed by atoms with Crippen LogP contribution in [0.1, 0.15) is 18.1 Å². The van der Waals surface area contributed by atoms with Crippen molar-refractivity contribution in [1.82, 2.24) is 9.80 Å². The molecule has 0 atom stereocenters. The first-order valence-corrected chi connectivity index (χ1v) is 9.59. The Balaban J connectivity index is 1.46. The molecule has 3 rings (SSSR count). The molecule has 0 unspecified atom stereocenters. The molecule has 1 aliphatic heterocycles. The van der Waals surface area contributed by atoms with Gasteiger partial charge >= 0.3 is 0 Å². The molecule has 0 aromatic heterocycles. The molecule has 1 heterocycles. The number of aryl methyl sites for hydroxylation is 1. The van der Waals surface area contributed by atoms with E-state index in [2.05, 4.69) is 34.2 Å². The summed E-state index contributed by atoms with van der Waals surface area (Å²) < 4.78 is 0. The van der Waals surface area contributed by atoms with Gasteiger partial charge < -0.3 is 5.32 Å². The number of piperazine rings is 1. The van der Waals surface area contributed by atoms with Gasteiger partial charge in [-0.1, -0.05) is 54.9 Å². The minimum absolute atomic E-state index is 0.0606. The number of nitrogens with one attached hydrogen (secondary N) is 1. The van der Waals surface area contributed by atoms with Crippen molar-refractivity contribution in [2.75, 3.05) is 38.0 Å².